The van der Waals surface area contributed by atoms with Crippen LogP contribution in [0, 0.1) is 12.3 Å². The second kappa shape index (κ2) is 10.6. The average Bonchev–Trinajstić information content (AvgIpc) is 2.18. The van der Waals surface area contributed by atoms with Gasteiger partial charge in [0, 0.05) is 26.2 Å². The number of rotatable bonds is 9. The molecule has 0 saturated heterocycles. The van der Waals surface area contributed by atoms with Crippen molar-refractivity contribution in [3.63, 3.8) is 0 Å². The monoisotopic (exact) mass is 197 g/mol. The van der Waals surface area contributed by atoms with E-state index >= 15 is 0 Å². The summed E-state index contributed by atoms with van der Waals surface area (Å²) in [7, 11) is 1.75. The Morgan fingerprint density at radius 2 is 2.07 bits per heavy atom. The van der Waals surface area contributed by atoms with Gasteiger partial charge in [0.05, 0.1) is 0 Å². The van der Waals surface area contributed by atoms with Crippen molar-refractivity contribution < 1.29 is 4.74 Å². The Bertz CT molecular complexity index is 151. The van der Waals surface area contributed by atoms with Crippen LogP contribution in [0.3, 0.4) is 0 Å². The van der Waals surface area contributed by atoms with Crippen molar-refractivity contribution in [2.45, 2.75) is 45.1 Å². The zero-order chi connectivity index (χ0) is 10.6. The van der Waals surface area contributed by atoms with Crippen LogP contribution in [-0.2, 0) is 4.74 Å². The van der Waals surface area contributed by atoms with Gasteiger partial charge in [-0.1, -0.05) is 6.92 Å². The predicted molar refractivity (Wildman–Crippen MR) is 61.3 cm³/mol. The highest BCUT2D eigenvalue weighted by atomic mass is 16.5. The van der Waals surface area contributed by atoms with Crippen molar-refractivity contribution in [1.82, 2.24) is 5.32 Å². The first kappa shape index (κ1) is 13.5. The van der Waals surface area contributed by atoms with Crippen LogP contribution in [0.25, 0.3) is 0 Å². The Morgan fingerprint density at radius 1 is 1.36 bits per heavy atom. The molecule has 14 heavy (non-hydrogen) atoms. The number of hydrogen-bond donors (Lipinski definition) is 1. The third kappa shape index (κ3) is 8.10. The highest BCUT2D eigenvalue weighted by molar-refractivity contribution is 4.83. The van der Waals surface area contributed by atoms with Gasteiger partial charge in [0.25, 0.3) is 0 Å². The van der Waals surface area contributed by atoms with Crippen molar-refractivity contribution in [2.75, 3.05) is 20.3 Å². The highest BCUT2D eigenvalue weighted by Crippen LogP contribution is 2.06. The molecule has 0 rings (SSSR count). The van der Waals surface area contributed by atoms with Gasteiger partial charge < -0.3 is 10.1 Å². The van der Waals surface area contributed by atoms with Crippen molar-refractivity contribution in [2.24, 2.45) is 0 Å². The molecule has 1 N–H and O–H groups in total. The maximum absolute atomic E-state index is 5.22. The smallest absolute Gasteiger partial charge is 0.0462 e. The molecule has 0 aromatic carbocycles. The summed E-state index contributed by atoms with van der Waals surface area (Å²) in [6, 6.07) is 0.614. The van der Waals surface area contributed by atoms with E-state index in [1.54, 1.807) is 7.11 Å². The number of nitrogens with one attached hydrogen (secondary N) is 1. The normalized spacial score (nSPS) is 12.4. The van der Waals surface area contributed by atoms with Crippen LogP contribution in [0.1, 0.15) is 39.0 Å². The Labute approximate surface area is 88.4 Å². The van der Waals surface area contributed by atoms with Gasteiger partial charge in [0.1, 0.15) is 0 Å². The molecule has 0 aromatic heterocycles. The maximum Gasteiger partial charge on any atom is 0.0462 e. The van der Waals surface area contributed by atoms with Gasteiger partial charge >= 0.3 is 0 Å². The molecule has 2 heteroatoms. The quantitative estimate of drug-likeness (QED) is 0.452. The van der Waals surface area contributed by atoms with E-state index in [0.717, 1.165) is 32.4 Å². The second-order valence-electron chi connectivity index (χ2n) is 3.49. The van der Waals surface area contributed by atoms with Gasteiger partial charge in [-0.2, -0.15) is 0 Å². The highest BCUT2D eigenvalue weighted by Gasteiger charge is 2.05. The summed E-state index contributed by atoms with van der Waals surface area (Å²) >= 11 is 0. The van der Waals surface area contributed by atoms with E-state index in [1.165, 1.54) is 12.8 Å². The van der Waals surface area contributed by atoms with Crippen LogP contribution in [-0.4, -0.2) is 26.3 Å². The minimum absolute atomic E-state index is 0.614. The first-order valence-corrected chi connectivity index (χ1v) is 5.50. The van der Waals surface area contributed by atoms with Gasteiger partial charge in [0.2, 0.25) is 0 Å². The van der Waals surface area contributed by atoms with Crippen LogP contribution in [0.15, 0.2) is 0 Å². The van der Waals surface area contributed by atoms with Gasteiger partial charge in [-0.05, 0) is 32.2 Å². The molecule has 0 bridgehead atoms. The van der Waals surface area contributed by atoms with E-state index < -0.39 is 0 Å². The summed E-state index contributed by atoms with van der Waals surface area (Å²) in [5.41, 5.74) is 0. The SMILES string of the molecule is C#CCCCC(CCCOC)NCC. The summed E-state index contributed by atoms with van der Waals surface area (Å²) in [5.74, 6) is 2.68. The predicted octanol–water partition coefficient (Wildman–Crippen LogP) is 2.19. The molecule has 0 spiro atoms. The first-order chi connectivity index (χ1) is 6.85. The molecule has 0 aliphatic carbocycles. The van der Waals surface area contributed by atoms with E-state index in [0.29, 0.717) is 6.04 Å². The van der Waals surface area contributed by atoms with Gasteiger partial charge in [-0.25, -0.2) is 0 Å². The first-order valence-electron chi connectivity index (χ1n) is 5.50. The number of terminal acetylenes is 1. The largest absolute Gasteiger partial charge is 0.385 e. The second-order valence-corrected chi connectivity index (χ2v) is 3.49. The lowest BCUT2D eigenvalue weighted by Gasteiger charge is -2.16. The van der Waals surface area contributed by atoms with E-state index in [1.807, 2.05) is 0 Å². The lowest BCUT2D eigenvalue weighted by Crippen LogP contribution is -2.29. The third-order valence-electron chi connectivity index (χ3n) is 2.27. The van der Waals surface area contributed by atoms with Gasteiger partial charge in [-0.3, -0.25) is 0 Å². The summed E-state index contributed by atoms with van der Waals surface area (Å²) in [6.45, 7) is 4.04. The van der Waals surface area contributed by atoms with E-state index in [2.05, 4.69) is 18.2 Å². The van der Waals surface area contributed by atoms with Crippen LogP contribution < -0.4 is 5.32 Å². The number of unbranched alkanes of at least 4 members (excludes halogenated alkanes) is 1. The molecule has 0 aliphatic heterocycles. The molecular weight excluding hydrogens is 174 g/mol. The molecule has 2 nitrogen and oxygen atoms in total. The Morgan fingerprint density at radius 3 is 2.64 bits per heavy atom. The lowest BCUT2D eigenvalue weighted by atomic mass is 10.0. The zero-order valence-electron chi connectivity index (χ0n) is 9.51. The van der Waals surface area contributed by atoms with Crippen LogP contribution >= 0.6 is 0 Å². The minimum Gasteiger partial charge on any atom is -0.385 e. The average molecular weight is 197 g/mol. The fourth-order valence-electron chi connectivity index (χ4n) is 1.56. The zero-order valence-corrected chi connectivity index (χ0v) is 9.51. The van der Waals surface area contributed by atoms with E-state index in [9.17, 15) is 0 Å². The molecule has 1 atom stereocenters. The van der Waals surface area contributed by atoms with E-state index in [4.69, 9.17) is 11.2 Å². The third-order valence-corrected chi connectivity index (χ3v) is 2.27. The van der Waals surface area contributed by atoms with Crippen LogP contribution in [0.2, 0.25) is 0 Å². The molecular formula is C12H23NO. The number of hydrogen-bond acceptors (Lipinski definition) is 2. The van der Waals surface area contributed by atoms with E-state index in [-0.39, 0.29) is 0 Å². The van der Waals surface area contributed by atoms with Crippen molar-refractivity contribution in [1.29, 1.82) is 0 Å². The Balaban J connectivity index is 3.50. The fourth-order valence-corrected chi connectivity index (χ4v) is 1.56. The minimum atomic E-state index is 0.614. The number of ether oxygens (including phenoxy) is 1. The Hall–Kier alpha value is -0.520. The molecule has 0 saturated carbocycles. The molecule has 0 aliphatic rings. The van der Waals surface area contributed by atoms with Crippen molar-refractivity contribution >= 4 is 0 Å². The van der Waals surface area contributed by atoms with Crippen molar-refractivity contribution in [3.05, 3.63) is 0 Å². The number of methoxy groups -OCH3 is 1. The topological polar surface area (TPSA) is 21.3 Å². The van der Waals surface area contributed by atoms with Crippen molar-refractivity contribution in [3.8, 4) is 12.3 Å². The standard InChI is InChI=1S/C12H23NO/c1-4-6-7-9-12(13-5-2)10-8-11-14-3/h1,12-13H,5-11H2,2-3H3. The molecule has 1 unspecified atom stereocenters. The summed E-state index contributed by atoms with van der Waals surface area (Å²) in [5, 5.41) is 3.48. The summed E-state index contributed by atoms with van der Waals surface area (Å²) in [4.78, 5) is 0. The fraction of sp³-hybridized carbons (Fsp3) is 0.833. The van der Waals surface area contributed by atoms with Crippen LogP contribution in [0.4, 0.5) is 0 Å². The molecule has 0 radical (unpaired) electrons. The molecule has 0 aromatic rings. The molecule has 0 heterocycles. The summed E-state index contributed by atoms with van der Waals surface area (Å²) < 4.78 is 5.04. The summed E-state index contributed by atoms with van der Waals surface area (Å²) in [6.07, 6.45) is 10.7. The lowest BCUT2D eigenvalue weighted by molar-refractivity contribution is 0.188. The van der Waals surface area contributed by atoms with Gasteiger partial charge in [-0.15, -0.1) is 12.3 Å². The molecule has 0 amide bonds. The van der Waals surface area contributed by atoms with Gasteiger partial charge in [0.15, 0.2) is 0 Å². The molecule has 82 valence electrons. The maximum atomic E-state index is 5.22. The van der Waals surface area contributed by atoms with Crippen LogP contribution in [0.5, 0.6) is 0 Å². The molecule has 0 fully saturated rings. The Kier molecular flexibility index (Phi) is 10.2.